The van der Waals surface area contributed by atoms with Gasteiger partial charge in [0, 0.05) is 36.6 Å². The van der Waals surface area contributed by atoms with Crippen LogP contribution in [0.1, 0.15) is 29.4 Å². The van der Waals surface area contributed by atoms with Gasteiger partial charge >= 0.3 is 0 Å². The second kappa shape index (κ2) is 8.04. The second-order valence-corrected chi connectivity index (χ2v) is 8.74. The van der Waals surface area contributed by atoms with Crippen molar-refractivity contribution in [2.24, 2.45) is 0 Å². The van der Waals surface area contributed by atoms with E-state index in [0.29, 0.717) is 18.5 Å². The van der Waals surface area contributed by atoms with E-state index in [-0.39, 0.29) is 35.6 Å². The molecule has 1 aliphatic rings. The summed E-state index contributed by atoms with van der Waals surface area (Å²) in [6, 6.07) is 9.56. The highest BCUT2D eigenvalue weighted by Gasteiger charge is 2.32. The van der Waals surface area contributed by atoms with Crippen LogP contribution in [-0.4, -0.2) is 43.4 Å². The zero-order chi connectivity index (χ0) is 19.4. The van der Waals surface area contributed by atoms with E-state index in [0.717, 1.165) is 5.69 Å². The number of aromatic nitrogens is 1. The van der Waals surface area contributed by atoms with Crippen LogP contribution in [0.4, 0.5) is 10.1 Å². The van der Waals surface area contributed by atoms with Crippen molar-refractivity contribution in [3.05, 3.63) is 59.7 Å². The summed E-state index contributed by atoms with van der Waals surface area (Å²) in [6.07, 6.45) is 2.10. The number of rotatable bonds is 6. The first-order chi connectivity index (χ1) is 12.9. The van der Waals surface area contributed by atoms with Gasteiger partial charge in [0.25, 0.3) is 5.91 Å². The Morgan fingerprint density at radius 2 is 2.11 bits per heavy atom. The molecule has 1 fully saturated rings. The SMILES string of the molecule is CCN(c1ccnc(C(=O)NCc2ccccc2F)c1)C1CCS(=O)(=O)C1. The fourth-order valence-electron chi connectivity index (χ4n) is 3.30. The third-order valence-electron chi connectivity index (χ3n) is 4.69. The van der Waals surface area contributed by atoms with Crippen LogP contribution in [0.2, 0.25) is 0 Å². The summed E-state index contributed by atoms with van der Waals surface area (Å²) in [5.41, 5.74) is 1.36. The van der Waals surface area contributed by atoms with Crippen LogP contribution in [-0.2, 0) is 16.4 Å². The quantitative estimate of drug-likeness (QED) is 0.816. The number of carbonyl (C=O) groups is 1. The van der Waals surface area contributed by atoms with Crippen molar-refractivity contribution >= 4 is 21.4 Å². The highest BCUT2D eigenvalue weighted by atomic mass is 32.2. The van der Waals surface area contributed by atoms with Crippen molar-refractivity contribution in [3.63, 3.8) is 0 Å². The first-order valence-corrected chi connectivity index (χ1v) is 10.7. The molecule has 6 nitrogen and oxygen atoms in total. The Hall–Kier alpha value is -2.48. The molecule has 2 heterocycles. The van der Waals surface area contributed by atoms with Gasteiger partial charge < -0.3 is 10.2 Å². The van der Waals surface area contributed by atoms with Gasteiger partial charge in [-0.25, -0.2) is 12.8 Å². The van der Waals surface area contributed by atoms with E-state index in [2.05, 4.69) is 10.3 Å². The van der Waals surface area contributed by atoms with E-state index < -0.39 is 15.7 Å². The van der Waals surface area contributed by atoms with Crippen LogP contribution in [0.15, 0.2) is 42.6 Å². The molecule has 2 aromatic rings. The van der Waals surface area contributed by atoms with Crippen molar-refractivity contribution in [3.8, 4) is 0 Å². The number of nitrogens with one attached hydrogen (secondary N) is 1. The van der Waals surface area contributed by atoms with Crippen molar-refractivity contribution in [1.29, 1.82) is 0 Å². The minimum atomic E-state index is -3.00. The van der Waals surface area contributed by atoms with E-state index in [9.17, 15) is 17.6 Å². The lowest BCUT2D eigenvalue weighted by Crippen LogP contribution is -2.36. The van der Waals surface area contributed by atoms with E-state index >= 15 is 0 Å². The Balaban J connectivity index is 1.72. The molecule has 1 atom stereocenters. The van der Waals surface area contributed by atoms with Crippen molar-refractivity contribution in [2.45, 2.75) is 25.9 Å². The zero-order valence-electron chi connectivity index (χ0n) is 15.1. The van der Waals surface area contributed by atoms with Gasteiger partial charge in [-0.3, -0.25) is 9.78 Å². The highest BCUT2D eigenvalue weighted by molar-refractivity contribution is 7.91. The fraction of sp³-hybridized carbons (Fsp3) is 0.368. The lowest BCUT2D eigenvalue weighted by atomic mass is 10.2. The van der Waals surface area contributed by atoms with Crippen LogP contribution in [0.3, 0.4) is 0 Å². The molecule has 144 valence electrons. The van der Waals surface area contributed by atoms with Crippen molar-refractivity contribution in [1.82, 2.24) is 10.3 Å². The van der Waals surface area contributed by atoms with Gasteiger partial charge in [0.1, 0.15) is 11.5 Å². The maximum Gasteiger partial charge on any atom is 0.270 e. The minimum Gasteiger partial charge on any atom is -0.368 e. The van der Waals surface area contributed by atoms with Crippen LogP contribution < -0.4 is 10.2 Å². The number of hydrogen-bond acceptors (Lipinski definition) is 5. The summed E-state index contributed by atoms with van der Waals surface area (Å²) in [4.78, 5) is 18.5. The third-order valence-corrected chi connectivity index (χ3v) is 6.45. The fourth-order valence-corrected chi connectivity index (χ4v) is 5.03. The lowest BCUT2D eigenvalue weighted by Gasteiger charge is -2.29. The van der Waals surface area contributed by atoms with E-state index in [1.54, 1.807) is 30.3 Å². The molecular weight excluding hydrogens is 369 g/mol. The predicted molar refractivity (Wildman–Crippen MR) is 102 cm³/mol. The Morgan fingerprint density at radius 1 is 1.33 bits per heavy atom. The average Bonchev–Trinajstić information content (AvgIpc) is 3.01. The molecular formula is C19H22FN3O3S. The molecule has 1 aromatic carbocycles. The Labute approximate surface area is 158 Å². The van der Waals surface area contributed by atoms with Gasteiger partial charge in [0.2, 0.25) is 0 Å². The van der Waals surface area contributed by atoms with Crippen LogP contribution in [0.5, 0.6) is 0 Å². The summed E-state index contributed by atoms with van der Waals surface area (Å²) < 4.78 is 37.2. The molecule has 0 bridgehead atoms. The molecule has 1 N–H and O–H groups in total. The van der Waals surface area contributed by atoms with Crippen molar-refractivity contribution < 1.29 is 17.6 Å². The number of amides is 1. The number of anilines is 1. The summed E-state index contributed by atoms with van der Waals surface area (Å²) in [6.45, 7) is 2.64. The van der Waals surface area contributed by atoms with Crippen LogP contribution >= 0.6 is 0 Å². The molecule has 0 spiro atoms. The smallest absolute Gasteiger partial charge is 0.270 e. The topological polar surface area (TPSA) is 79.4 Å². The maximum atomic E-state index is 13.7. The molecule has 1 saturated heterocycles. The monoisotopic (exact) mass is 391 g/mol. The molecule has 27 heavy (non-hydrogen) atoms. The normalized spacial score (nSPS) is 18.2. The molecule has 1 aliphatic heterocycles. The number of hydrogen-bond donors (Lipinski definition) is 1. The second-order valence-electron chi connectivity index (χ2n) is 6.52. The largest absolute Gasteiger partial charge is 0.368 e. The number of pyridine rings is 1. The van der Waals surface area contributed by atoms with Gasteiger partial charge in [-0.1, -0.05) is 18.2 Å². The van der Waals surface area contributed by atoms with Crippen molar-refractivity contribution in [2.75, 3.05) is 23.0 Å². The Morgan fingerprint density at radius 3 is 2.78 bits per heavy atom. The van der Waals surface area contributed by atoms with Gasteiger partial charge in [-0.2, -0.15) is 0 Å². The first-order valence-electron chi connectivity index (χ1n) is 8.84. The van der Waals surface area contributed by atoms with Crippen LogP contribution in [0, 0.1) is 5.82 Å². The van der Waals surface area contributed by atoms with E-state index in [1.165, 1.54) is 12.3 Å². The third kappa shape index (κ3) is 4.63. The molecule has 8 heteroatoms. The predicted octanol–water partition coefficient (Wildman–Crippen LogP) is 2.16. The van der Waals surface area contributed by atoms with E-state index in [1.807, 2.05) is 11.8 Å². The van der Waals surface area contributed by atoms with Gasteiger partial charge in [0.15, 0.2) is 9.84 Å². The molecule has 0 radical (unpaired) electrons. The van der Waals surface area contributed by atoms with Crippen LogP contribution in [0.25, 0.3) is 0 Å². The molecule has 1 aromatic heterocycles. The Kier molecular flexibility index (Phi) is 5.74. The van der Waals surface area contributed by atoms with Gasteiger partial charge in [0.05, 0.1) is 11.5 Å². The van der Waals surface area contributed by atoms with Gasteiger partial charge in [-0.15, -0.1) is 0 Å². The number of halogens is 1. The number of benzene rings is 1. The molecule has 1 amide bonds. The summed E-state index contributed by atoms with van der Waals surface area (Å²) in [7, 11) is -3.00. The zero-order valence-corrected chi connectivity index (χ0v) is 15.9. The van der Waals surface area contributed by atoms with Gasteiger partial charge in [-0.05, 0) is 31.5 Å². The minimum absolute atomic E-state index is 0.0653. The molecule has 0 aliphatic carbocycles. The molecule has 3 rings (SSSR count). The molecule has 1 unspecified atom stereocenters. The lowest BCUT2D eigenvalue weighted by molar-refractivity contribution is 0.0945. The number of carbonyl (C=O) groups excluding carboxylic acids is 1. The summed E-state index contributed by atoms with van der Waals surface area (Å²) in [5, 5.41) is 2.67. The Bertz CT molecular complexity index is 933. The maximum absolute atomic E-state index is 13.7. The molecule has 0 saturated carbocycles. The highest BCUT2D eigenvalue weighted by Crippen LogP contribution is 2.24. The summed E-state index contributed by atoms with van der Waals surface area (Å²) in [5.74, 6) is -0.470. The average molecular weight is 391 g/mol. The standard InChI is InChI=1S/C19H22FN3O3S/c1-2-23(16-8-10-27(25,26)13-16)15-7-9-21-18(11-15)19(24)22-12-14-5-3-4-6-17(14)20/h3-7,9,11,16H,2,8,10,12-13H2,1H3,(H,22,24). The summed E-state index contributed by atoms with van der Waals surface area (Å²) >= 11 is 0. The number of nitrogens with zero attached hydrogens (tertiary/aromatic N) is 2. The van der Waals surface area contributed by atoms with E-state index in [4.69, 9.17) is 0 Å². The number of sulfone groups is 1. The first kappa shape index (κ1) is 19.3.